The average molecular weight is 255 g/mol. The third-order valence-electron chi connectivity index (χ3n) is 2.99. The molecule has 1 rings (SSSR count). The highest BCUT2D eigenvalue weighted by atomic mass is 32.2. The van der Waals surface area contributed by atoms with Gasteiger partial charge in [-0.25, -0.2) is 4.39 Å². The second kappa shape index (κ2) is 7.72. The third-order valence-corrected chi connectivity index (χ3v) is 3.72. The third kappa shape index (κ3) is 4.32. The summed E-state index contributed by atoms with van der Waals surface area (Å²) in [7, 11) is 0. The van der Waals surface area contributed by atoms with Crippen LogP contribution in [-0.4, -0.2) is 18.1 Å². The standard InChI is InChI=1S/C14H22FNS/c1-4-11(10-17-3)16-14(5-2)12-8-6-7-9-13(12)15/h6-9,11,14,16H,4-5,10H2,1-3H3. The Bertz CT molecular complexity index is 330. The Morgan fingerprint density at radius 2 is 1.94 bits per heavy atom. The Balaban J connectivity index is 2.74. The van der Waals surface area contributed by atoms with Crippen LogP contribution >= 0.6 is 11.8 Å². The largest absolute Gasteiger partial charge is 0.306 e. The Hall–Kier alpha value is -0.540. The van der Waals surface area contributed by atoms with E-state index in [1.54, 1.807) is 6.07 Å². The van der Waals surface area contributed by atoms with E-state index in [0.29, 0.717) is 6.04 Å². The van der Waals surface area contributed by atoms with Crippen molar-refractivity contribution in [2.24, 2.45) is 0 Å². The van der Waals surface area contributed by atoms with Gasteiger partial charge in [-0.3, -0.25) is 0 Å². The smallest absolute Gasteiger partial charge is 0.127 e. The van der Waals surface area contributed by atoms with Gasteiger partial charge in [0, 0.05) is 23.4 Å². The molecule has 0 saturated carbocycles. The van der Waals surface area contributed by atoms with E-state index in [1.165, 1.54) is 6.07 Å². The van der Waals surface area contributed by atoms with E-state index in [2.05, 4.69) is 25.4 Å². The van der Waals surface area contributed by atoms with Crippen LogP contribution in [-0.2, 0) is 0 Å². The van der Waals surface area contributed by atoms with E-state index in [-0.39, 0.29) is 11.9 Å². The number of hydrogen-bond acceptors (Lipinski definition) is 2. The number of nitrogens with one attached hydrogen (secondary N) is 1. The zero-order valence-corrected chi connectivity index (χ0v) is 11.7. The lowest BCUT2D eigenvalue weighted by molar-refractivity contribution is 0.427. The Morgan fingerprint density at radius 3 is 2.47 bits per heavy atom. The van der Waals surface area contributed by atoms with Crippen LogP contribution in [0.5, 0.6) is 0 Å². The normalized spacial score (nSPS) is 14.6. The van der Waals surface area contributed by atoms with Gasteiger partial charge in [0.2, 0.25) is 0 Å². The van der Waals surface area contributed by atoms with Crippen LogP contribution < -0.4 is 5.32 Å². The molecule has 1 aromatic rings. The first kappa shape index (κ1) is 14.5. The zero-order chi connectivity index (χ0) is 12.7. The SMILES string of the molecule is CCC(CSC)NC(CC)c1ccccc1F. The second-order valence-corrected chi connectivity index (χ2v) is 5.12. The quantitative estimate of drug-likeness (QED) is 0.790. The first-order valence-electron chi connectivity index (χ1n) is 6.22. The van der Waals surface area contributed by atoms with E-state index in [9.17, 15) is 4.39 Å². The molecule has 0 radical (unpaired) electrons. The molecule has 2 unspecified atom stereocenters. The maximum Gasteiger partial charge on any atom is 0.127 e. The van der Waals surface area contributed by atoms with Crippen LogP contribution in [0, 0.1) is 5.82 Å². The molecule has 0 aliphatic carbocycles. The lowest BCUT2D eigenvalue weighted by Gasteiger charge is -2.24. The van der Waals surface area contributed by atoms with Crippen molar-refractivity contribution in [3.63, 3.8) is 0 Å². The van der Waals surface area contributed by atoms with Crippen LogP contribution in [0.1, 0.15) is 38.3 Å². The Morgan fingerprint density at radius 1 is 1.24 bits per heavy atom. The molecule has 0 aromatic heterocycles. The van der Waals surface area contributed by atoms with E-state index in [4.69, 9.17) is 0 Å². The van der Waals surface area contributed by atoms with Crippen LogP contribution in [0.4, 0.5) is 4.39 Å². The van der Waals surface area contributed by atoms with Gasteiger partial charge in [0.15, 0.2) is 0 Å². The molecule has 1 nitrogen and oxygen atoms in total. The molecule has 1 N–H and O–H groups in total. The molecule has 17 heavy (non-hydrogen) atoms. The lowest BCUT2D eigenvalue weighted by Crippen LogP contribution is -2.34. The van der Waals surface area contributed by atoms with Crippen molar-refractivity contribution in [1.82, 2.24) is 5.32 Å². The molecule has 0 aliphatic heterocycles. The van der Waals surface area contributed by atoms with Crippen LogP contribution in [0.3, 0.4) is 0 Å². The van der Waals surface area contributed by atoms with Gasteiger partial charge in [-0.1, -0.05) is 32.0 Å². The van der Waals surface area contributed by atoms with Gasteiger partial charge in [-0.15, -0.1) is 0 Å². The van der Waals surface area contributed by atoms with Crippen molar-refractivity contribution in [3.8, 4) is 0 Å². The molecule has 0 aliphatic rings. The van der Waals surface area contributed by atoms with Gasteiger partial charge in [0.1, 0.15) is 5.82 Å². The van der Waals surface area contributed by atoms with Crippen LogP contribution in [0.2, 0.25) is 0 Å². The molecule has 0 heterocycles. The number of hydrogen-bond donors (Lipinski definition) is 1. The minimum absolute atomic E-state index is 0.106. The highest BCUT2D eigenvalue weighted by Gasteiger charge is 2.16. The maximum atomic E-state index is 13.7. The summed E-state index contributed by atoms with van der Waals surface area (Å²) in [6.45, 7) is 4.26. The van der Waals surface area contributed by atoms with Gasteiger partial charge >= 0.3 is 0 Å². The fourth-order valence-corrected chi connectivity index (χ4v) is 2.69. The minimum Gasteiger partial charge on any atom is -0.306 e. The summed E-state index contributed by atoms with van der Waals surface area (Å²) < 4.78 is 13.7. The Labute approximate surface area is 108 Å². The molecule has 0 bridgehead atoms. The Kier molecular flexibility index (Phi) is 6.60. The number of benzene rings is 1. The number of thioether (sulfide) groups is 1. The van der Waals surface area contributed by atoms with E-state index >= 15 is 0 Å². The summed E-state index contributed by atoms with van der Waals surface area (Å²) in [6, 6.07) is 7.63. The number of rotatable bonds is 7. The van der Waals surface area contributed by atoms with Gasteiger partial charge in [-0.2, -0.15) is 11.8 Å². The molecule has 0 fully saturated rings. The number of halogens is 1. The molecular weight excluding hydrogens is 233 g/mol. The maximum absolute atomic E-state index is 13.7. The fourth-order valence-electron chi connectivity index (χ4n) is 1.95. The fraction of sp³-hybridized carbons (Fsp3) is 0.571. The lowest BCUT2D eigenvalue weighted by atomic mass is 10.0. The second-order valence-electron chi connectivity index (χ2n) is 4.21. The van der Waals surface area contributed by atoms with E-state index in [0.717, 1.165) is 24.2 Å². The van der Waals surface area contributed by atoms with Gasteiger partial charge in [-0.05, 0) is 25.2 Å². The molecule has 0 spiro atoms. The van der Waals surface area contributed by atoms with Gasteiger partial charge < -0.3 is 5.32 Å². The minimum atomic E-state index is -0.106. The van der Waals surface area contributed by atoms with Gasteiger partial charge in [0.25, 0.3) is 0 Å². The first-order chi connectivity index (χ1) is 8.22. The van der Waals surface area contributed by atoms with Crippen molar-refractivity contribution in [3.05, 3.63) is 35.6 Å². The summed E-state index contributed by atoms with van der Waals surface area (Å²) in [6.07, 6.45) is 4.09. The van der Waals surface area contributed by atoms with Crippen molar-refractivity contribution in [1.29, 1.82) is 0 Å². The van der Waals surface area contributed by atoms with E-state index in [1.807, 2.05) is 23.9 Å². The molecule has 1 aromatic carbocycles. The first-order valence-corrected chi connectivity index (χ1v) is 7.61. The highest BCUT2D eigenvalue weighted by Crippen LogP contribution is 2.21. The molecule has 2 atom stereocenters. The molecule has 3 heteroatoms. The van der Waals surface area contributed by atoms with Gasteiger partial charge in [0.05, 0.1) is 0 Å². The molecule has 0 saturated heterocycles. The van der Waals surface area contributed by atoms with Crippen molar-refractivity contribution < 1.29 is 4.39 Å². The monoisotopic (exact) mass is 255 g/mol. The highest BCUT2D eigenvalue weighted by molar-refractivity contribution is 7.98. The van der Waals surface area contributed by atoms with Crippen molar-refractivity contribution in [2.75, 3.05) is 12.0 Å². The van der Waals surface area contributed by atoms with Crippen LogP contribution in [0.25, 0.3) is 0 Å². The summed E-state index contributed by atoms with van der Waals surface area (Å²) >= 11 is 1.83. The summed E-state index contributed by atoms with van der Waals surface area (Å²) in [5.74, 6) is 0.965. The molecule has 0 amide bonds. The molecular formula is C14H22FNS. The predicted molar refractivity (Wildman–Crippen MR) is 75.0 cm³/mol. The topological polar surface area (TPSA) is 12.0 Å². The van der Waals surface area contributed by atoms with E-state index < -0.39 is 0 Å². The summed E-state index contributed by atoms with van der Waals surface area (Å²) in [4.78, 5) is 0. The molecule has 96 valence electrons. The summed E-state index contributed by atoms with van der Waals surface area (Å²) in [5, 5.41) is 3.55. The zero-order valence-electron chi connectivity index (χ0n) is 10.9. The average Bonchev–Trinajstić information content (AvgIpc) is 2.35. The van der Waals surface area contributed by atoms with Crippen molar-refractivity contribution >= 4 is 11.8 Å². The van der Waals surface area contributed by atoms with Crippen molar-refractivity contribution in [2.45, 2.75) is 38.8 Å². The summed E-state index contributed by atoms with van der Waals surface area (Å²) in [5.41, 5.74) is 0.787. The predicted octanol–water partition coefficient (Wildman–Crippen LogP) is 4.01. The van der Waals surface area contributed by atoms with Crippen LogP contribution in [0.15, 0.2) is 24.3 Å².